The van der Waals surface area contributed by atoms with Crippen LogP contribution < -0.4 is 0 Å². The fourth-order valence-corrected chi connectivity index (χ4v) is 1.86. The summed E-state index contributed by atoms with van der Waals surface area (Å²) in [4.78, 5) is 10.5. The topological polar surface area (TPSA) is 94.1 Å². The first kappa shape index (κ1) is 13.2. The van der Waals surface area contributed by atoms with Crippen LogP contribution in [-0.2, 0) is 0 Å². The Bertz CT molecular complexity index is 634. The van der Waals surface area contributed by atoms with Crippen molar-refractivity contribution in [2.75, 3.05) is 0 Å². The third-order valence-electron chi connectivity index (χ3n) is 2.90. The van der Waals surface area contributed by atoms with E-state index >= 15 is 0 Å². The van der Waals surface area contributed by atoms with Crippen LogP contribution in [0.4, 0.5) is 5.69 Å². The molecule has 2 aromatic rings. The normalized spacial score (nSPS) is 12.4. The number of hydrogen-bond acceptors (Lipinski definition) is 5. The highest BCUT2D eigenvalue weighted by Crippen LogP contribution is 2.25. The van der Waals surface area contributed by atoms with Crippen molar-refractivity contribution < 1.29 is 10.0 Å². The average Bonchev–Trinajstić information content (AvgIpc) is 2.77. The van der Waals surface area contributed by atoms with Crippen LogP contribution in [0.2, 0.25) is 0 Å². The van der Waals surface area contributed by atoms with Gasteiger partial charge in [0.2, 0.25) is 0 Å². The lowest BCUT2D eigenvalue weighted by atomic mass is 10.1. The molecule has 0 aliphatic carbocycles. The van der Waals surface area contributed by atoms with Crippen molar-refractivity contribution in [1.29, 1.82) is 0 Å². The summed E-state index contributed by atoms with van der Waals surface area (Å²) in [6.45, 7) is 5.12. The summed E-state index contributed by atoms with van der Waals surface area (Å²) in [7, 11) is 0. The van der Waals surface area contributed by atoms with Crippen molar-refractivity contribution in [2.45, 2.75) is 26.9 Å². The quantitative estimate of drug-likeness (QED) is 0.672. The number of hydrogen-bond donors (Lipinski definition) is 1. The monoisotopic (exact) mass is 262 g/mol. The van der Waals surface area contributed by atoms with E-state index in [0.717, 1.165) is 5.56 Å². The van der Waals surface area contributed by atoms with Gasteiger partial charge in [0, 0.05) is 11.6 Å². The highest BCUT2D eigenvalue weighted by atomic mass is 16.6. The number of benzene rings is 1. The summed E-state index contributed by atoms with van der Waals surface area (Å²) in [6, 6.07) is 3.20. The van der Waals surface area contributed by atoms with Crippen molar-refractivity contribution in [2.24, 2.45) is 0 Å². The Morgan fingerprint density at radius 3 is 2.58 bits per heavy atom. The van der Waals surface area contributed by atoms with Crippen molar-refractivity contribution in [1.82, 2.24) is 15.0 Å². The molecule has 2 rings (SSSR count). The minimum atomic E-state index is -0.727. The molecule has 0 bridgehead atoms. The molecule has 1 atom stereocenters. The number of rotatable bonds is 3. The van der Waals surface area contributed by atoms with Crippen molar-refractivity contribution >= 4 is 5.69 Å². The molecular formula is C12H14N4O3. The SMILES string of the molecule is Cc1cc(C)c([N+](=O)[O-])cc1-n1cc(C(C)O)nn1. The Morgan fingerprint density at radius 2 is 2.05 bits per heavy atom. The number of aryl methyl sites for hydroxylation is 2. The maximum absolute atomic E-state index is 11.0. The van der Waals surface area contributed by atoms with Crippen LogP contribution in [0.3, 0.4) is 0 Å². The molecule has 1 N–H and O–H groups in total. The van der Waals surface area contributed by atoms with Gasteiger partial charge in [0.25, 0.3) is 5.69 Å². The van der Waals surface area contributed by atoms with Crippen LogP contribution in [0, 0.1) is 24.0 Å². The van der Waals surface area contributed by atoms with E-state index in [4.69, 9.17) is 0 Å². The molecule has 0 saturated heterocycles. The third-order valence-corrected chi connectivity index (χ3v) is 2.90. The molecule has 0 saturated carbocycles. The van der Waals surface area contributed by atoms with Crippen molar-refractivity contribution in [3.8, 4) is 5.69 Å². The van der Waals surface area contributed by atoms with Gasteiger partial charge in [-0.1, -0.05) is 5.21 Å². The smallest absolute Gasteiger partial charge is 0.274 e. The summed E-state index contributed by atoms with van der Waals surface area (Å²) in [5, 5.41) is 28.1. The Labute approximate surface area is 109 Å². The van der Waals surface area contributed by atoms with Crippen molar-refractivity contribution in [3.63, 3.8) is 0 Å². The van der Waals surface area contributed by atoms with Gasteiger partial charge in [-0.05, 0) is 32.4 Å². The molecule has 0 aliphatic heterocycles. The van der Waals surface area contributed by atoms with Gasteiger partial charge in [-0.15, -0.1) is 5.10 Å². The van der Waals surface area contributed by atoms with Crippen LogP contribution >= 0.6 is 0 Å². The first-order valence-corrected chi connectivity index (χ1v) is 5.76. The number of nitrogens with zero attached hydrogens (tertiary/aromatic N) is 4. The summed E-state index contributed by atoms with van der Waals surface area (Å²) in [5.41, 5.74) is 2.49. The minimum absolute atomic E-state index is 0.0368. The standard InChI is InChI=1S/C12H14N4O3/c1-7-4-8(2)12(16(18)19)5-11(7)15-6-10(9(3)17)13-14-15/h4-6,9,17H,1-3H3. The largest absolute Gasteiger partial charge is 0.387 e. The molecule has 1 unspecified atom stereocenters. The highest BCUT2D eigenvalue weighted by molar-refractivity contribution is 5.53. The van der Waals surface area contributed by atoms with E-state index in [1.54, 1.807) is 26.1 Å². The first-order valence-electron chi connectivity index (χ1n) is 5.76. The van der Waals surface area contributed by atoms with Crippen LogP contribution in [0.5, 0.6) is 0 Å². The fraction of sp³-hybridized carbons (Fsp3) is 0.333. The Morgan fingerprint density at radius 1 is 1.37 bits per heavy atom. The summed E-state index contributed by atoms with van der Waals surface area (Å²) in [6.07, 6.45) is 0.834. The Hall–Kier alpha value is -2.28. The second-order valence-corrected chi connectivity index (χ2v) is 4.45. The lowest BCUT2D eigenvalue weighted by Gasteiger charge is -2.06. The lowest BCUT2D eigenvalue weighted by Crippen LogP contribution is -2.01. The van der Waals surface area contributed by atoms with Gasteiger partial charge in [0.15, 0.2) is 0 Å². The van der Waals surface area contributed by atoms with Gasteiger partial charge < -0.3 is 5.11 Å². The number of aromatic nitrogens is 3. The molecule has 0 radical (unpaired) electrons. The zero-order chi connectivity index (χ0) is 14.2. The Balaban J connectivity index is 2.54. The number of nitro groups is 1. The number of aliphatic hydroxyl groups excluding tert-OH is 1. The average molecular weight is 262 g/mol. The molecule has 19 heavy (non-hydrogen) atoms. The van der Waals surface area contributed by atoms with Gasteiger partial charge in [0.05, 0.1) is 22.9 Å². The predicted molar refractivity (Wildman–Crippen MR) is 68.1 cm³/mol. The molecule has 1 aromatic carbocycles. The van der Waals surface area contributed by atoms with E-state index in [1.807, 2.05) is 6.92 Å². The number of aliphatic hydroxyl groups is 1. The van der Waals surface area contributed by atoms with E-state index in [9.17, 15) is 15.2 Å². The lowest BCUT2D eigenvalue weighted by molar-refractivity contribution is -0.385. The molecule has 100 valence electrons. The van der Waals surface area contributed by atoms with Gasteiger partial charge in [-0.3, -0.25) is 10.1 Å². The molecule has 0 aliphatic rings. The van der Waals surface area contributed by atoms with Gasteiger partial charge in [0.1, 0.15) is 5.69 Å². The molecule has 7 nitrogen and oxygen atoms in total. The highest BCUT2D eigenvalue weighted by Gasteiger charge is 2.16. The predicted octanol–water partition coefficient (Wildman–Crippen LogP) is 1.85. The van der Waals surface area contributed by atoms with Gasteiger partial charge in [-0.25, -0.2) is 4.68 Å². The molecule has 0 fully saturated rings. The molecule has 7 heteroatoms. The van der Waals surface area contributed by atoms with E-state index in [-0.39, 0.29) is 5.69 Å². The summed E-state index contributed by atoms with van der Waals surface area (Å²) >= 11 is 0. The molecular weight excluding hydrogens is 248 g/mol. The van der Waals surface area contributed by atoms with Crippen LogP contribution in [-0.4, -0.2) is 25.0 Å². The second-order valence-electron chi connectivity index (χ2n) is 4.45. The first-order chi connectivity index (χ1) is 8.90. The van der Waals surface area contributed by atoms with Gasteiger partial charge >= 0.3 is 0 Å². The summed E-state index contributed by atoms with van der Waals surface area (Å²) < 4.78 is 1.43. The zero-order valence-electron chi connectivity index (χ0n) is 10.9. The van der Waals surface area contributed by atoms with Crippen molar-refractivity contribution in [3.05, 3.63) is 45.3 Å². The van der Waals surface area contributed by atoms with Crippen LogP contribution in [0.15, 0.2) is 18.3 Å². The molecule has 1 heterocycles. The van der Waals surface area contributed by atoms with E-state index in [2.05, 4.69) is 10.3 Å². The molecule has 0 amide bonds. The molecule has 0 spiro atoms. The minimum Gasteiger partial charge on any atom is -0.387 e. The zero-order valence-corrected chi connectivity index (χ0v) is 10.9. The Kier molecular flexibility index (Phi) is 3.30. The van der Waals surface area contributed by atoms with E-state index in [1.165, 1.54) is 10.7 Å². The second kappa shape index (κ2) is 4.77. The molecule has 1 aromatic heterocycles. The van der Waals surface area contributed by atoms with E-state index < -0.39 is 11.0 Å². The van der Waals surface area contributed by atoms with Crippen LogP contribution in [0.1, 0.15) is 29.8 Å². The maximum Gasteiger partial charge on any atom is 0.274 e. The fourth-order valence-electron chi connectivity index (χ4n) is 1.86. The number of nitro benzene ring substituents is 1. The van der Waals surface area contributed by atoms with E-state index in [0.29, 0.717) is 16.9 Å². The van der Waals surface area contributed by atoms with Gasteiger partial charge in [-0.2, -0.15) is 0 Å². The summed E-state index contributed by atoms with van der Waals surface area (Å²) in [5.74, 6) is 0. The maximum atomic E-state index is 11.0. The third kappa shape index (κ3) is 2.45. The van der Waals surface area contributed by atoms with Crippen LogP contribution in [0.25, 0.3) is 5.69 Å².